The van der Waals surface area contributed by atoms with Gasteiger partial charge in [0, 0.05) is 5.92 Å². The van der Waals surface area contributed by atoms with Crippen molar-refractivity contribution in [1.82, 2.24) is 4.90 Å². The first-order valence-electron chi connectivity index (χ1n) is 8.39. The Morgan fingerprint density at radius 3 is 2.08 bits per heavy atom. The molecule has 26 heavy (non-hydrogen) atoms. The number of imide groups is 1. The lowest BCUT2D eigenvalue weighted by Gasteiger charge is -2.51. The fraction of sp³-hybridized carbons (Fsp3) is 0.250. The third kappa shape index (κ3) is 1.68. The summed E-state index contributed by atoms with van der Waals surface area (Å²) in [6.07, 6.45) is 0. The average Bonchev–Trinajstić information content (AvgIpc) is 2.88. The SMILES string of the molecule is O=C([O-])CN1C(=O)[C@H]2C3c4ccccc4C(Br)(c4ccccc43)[C@H]2C1=O. The van der Waals surface area contributed by atoms with Gasteiger partial charge in [-0.2, -0.15) is 0 Å². The molecular weight excluding hydrogens is 398 g/mol. The van der Waals surface area contributed by atoms with Crippen LogP contribution in [0.5, 0.6) is 0 Å². The third-order valence-electron chi connectivity index (χ3n) is 5.89. The molecule has 6 heteroatoms. The molecule has 1 saturated heterocycles. The van der Waals surface area contributed by atoms with Crippen LogP contribution in [-0.4, -0.2) is 29.2 Å². The Labute approximate surface area is 157 Å². The van der Waals surface area contributed by atoms with Crippen LogP contribution in [0, 0.1) is 11.8 Å². The summed E-state index contributed by atoms with van der Waals surface area (Å²) in [5, 5.41) is 11.1. The van der Waals surface area contributed by atoms with Crippen molar-refractivity contribution in [3.8, 4) is 0 Å². The average molecular weight is 411 g/mol. The summed E-state index contributed by atoms with van der Waals surface area (Å²) in [5.41, 5.74) is 3.98. The van der Waals surface area contributed by atoms with Crippen LogP contribution in [-0.2, 0) is 18.7 Å². The minimum absolute atomic E-state index is 0.255. The number of nitrogens with zero attached hydrogens (tertiary/aromatic N) is 1. The highest BCUT2D eigenvalue weighted by Crippen LogP contribution is 2.66. The molecule has 2 aromatic carbocycles. The molecule has 0 spiro atoms. The molecule has 6 rings (SSSR count). The Morgan fingerprint density at radius 2 is 1.54 bits per heavy atom. The number of rotatable bonds is 2. The van der Waals surface area contributed by atoms with Gasteiger partial charge in [0.15, 0.2) is 0 Å². The van der Waals surface area contributed by atoms with Gasteiger partial charge in [0.25, 0.3) is 0 Å². The first-order chi connectivity index (χ1) is 12.5. The van der Waals surface area contributed by atoms with Gasteiger partial charge in [-0.25, -0.2) is 0 Å². The zero-order chi connectivity index (χ0) is 18.2. The number of benzene rings is 2. The van der Waals surface area contributed by atoms with Gasteiger partial charge in [0.05, 0.1) is 28.7 Å². The first kappa shape index (κ1) is 15.8. The maximum atomic E-state index is 13.1. The van der Waals surface area contributed by atoms with E-state index in [2.05, 4.69) is 15.9 Å². The van der Waals surface area contributed by atoms with Crippen LogP contribution < -0.4 is 5.11 Å². The minimum atomic E-state index is -1.43. The first-order valence-corrected chi connectivity index (χ1v) is 9.18. The lowest BCUT2D eigenvalue weighted by Crippen LogP contribution is -2.50. The summed E-state index contributed by atoms with van der Waals surface area (Å²) in [7, 11) is 0. The van der Waals surface area contributed by atoms with E-state index in [9.17, 15) is 19.5 Å². The van der Waals surface area contributed by atoms with Gasteiger partial charge < -0.3 is 9.90 Å². The molecule has 5 nitrogen and oxygen atoms in total. The van der Waals surface area contributed by atoms with Gasteiger partial charge in [0.2, 0.25) is 11.8 Å². The number of hydrogen-bond donors (Lipinski definition) is 0. The second-order valence-electron chi connectivity index (χ2n) is 7.00. The number of likely N-dealkylation sites (tertiary alicyclic amines) is 1. The smallest absolute Gasteiger partial charge is 0.235 e. The van der Waals surface area contributed by atoms with Crippen LogP contribution in [0.3, 0.4) is 0 Å². The molecule has 0 saturated carbocycles. The molecule has 0 unspecified atom stereocenters. The van der Waals surface area contributed by atoms with E-state index in [1.54, 1.807) is 0 Å². The highest BCUT2D eigenvalue weighted by molar-refractivity contribution is 9.09. The van der Waals surface area contributed by atoms with E-state index in [-0.39, 0.29) is 5.92 Å². The van der Waals surface area contributed by atoms with Crippen molar-refractivity contribution in [1.29, 1.82) is 0 Å². The standard InChI is InChI=1S/C20H14BrNO4/c21-20-12-7-3-1-5-10(12)15(11-6-2-4-8-13(11)20)16-17(20)19(26)22(18(16)25)9-14(23)24/h1-8,15-17H,9H2,(H,23,24)/p-1/t15?,16-,17+,20?/m0/s1. The zero-order valence-corrected chi connectivity index (χ0v) is 15.1. The molecule has 1 fully saturated rings. The summed E-state index contributed by atoms with van der Waals surface area (Å²) in [4.78, 5) is 38.0. The van der Waals surface area contributed by atoms with Crippen molar-refractivity contribution < 1.29 is 19.5 Å². The predicted molar refractivity (Wildman–Crippen MR) is 93.1 cm³/mol. The number of alkyl halides is 1. The summed E-state index contributed by atoms with van der Waals surface area (Å²) in [5.74, 6) is -3.83. The van der Waals surface area contributed by atoms with Gasteiger partial charge in [-0.15, -0.1) is 0 Å². The Kier molecular flexibility index (Phi) is 3.05. The zero-order valence-electron chi connectivity index (χ0n) is 13.5. The van der Waals surface area contributed by atoms with Crippen molar-refractivity contribution in [2.45, 2.75) is 10.2 Å². The van der Waals surface area contributed by atoms with Gasteiger partial charge >= 0.3 is 0 Å². The number of carboxylic acid groups (broad SMARTS) is 1. The fourth-order valence-electron chi connectivity index (χ4n) is 5.02. The quantitative estimate of drug-likeness (QED) is 0.549. The summed E-state index contributed by atoms with van der Waals surface area (Å²) in [6.45, 7) is -0.701. The number of hydrogen-bond acceptors (Lipinski definition) is 4. The summed E-state index contributed by atoms with van der Waals surface area (Å²) >= 11 is 3.84. The van der Waals surface area contributed by atoms with Gasteiger partial charge in [-0.1, -0.05) is 64.5 Å². The molecule has 2 aromatic rings. The third-order valence-corrected chi connectivity index (χ3v) is 7.24. The monoisotopic (exact) mass is 410 g/mol. The van der Waals surface area contributed by atoms with E-state index in [0.717, 1.165) is 27.2 Å². The molecule has 2 atom stereocenters. The Morgan fingerprint density at radius 1 is 1.00 bits per heavy atom. The topological polar surface area (TPSA) is 77.5 Å². The fourth-order valence-corrected chi connectivity index (χ4v) is 6.23. The number of carbonyl (C=O) groups is 3. The van der Waals surface area contributed by atoms with E-state index in [0.29, 0.717) is 0 Å². The summed E-state index contributed by atoms with van der Waals surface area (Å²) in [6, 6.07) is 15.6. The van der Waals surface area contributed by atoms with Crippen LogP contribution in [0.25, 0.3) is 0 Å². The number of carboxylic acids is 1. The molecular formula is C20H13BrNO4-. The normalized spacial score (nSPS) is 30.8. The second-order valence-corrected chi connectivity index (χ2v) is 8.25. The number of amides is 2. The van der Waals surface area contributed by atoms with Crippen LogP contribution >= 0.6 is 15.9 Å². The van der Waals surface area contributed by atoms with Crippen LogP contribution in [0.1, 0.15) is 28.2 Å². The largest absolute Gasteiger partial charge is 0.548 e. The Balaban J connectivity index is 1.80. The molecule has 0 radical (unpaired) electrons. The molecule has 1 heterocycles. The molecule has 0 N–H and O–H groups in total. The van der Waals surface area contributed by atoms with Crippen molar-refractivity contribution in [2.24, 2.45) is 11.8 Å². The maximum absolute atomic E-state index is 13.1. The lowest BCUT2D eigenvalue weighted by atomic mass is 9.55. The van der Waals surface area contributed by atoms with Gasteiger partial charge in [-0.3, -0.25) is 14.5 Å². The maximum Gasteiger partial charge on any atom is 0.235 e. The van der Waals surface area contributed by atoms with Crippen molar-refractivity contribution in [2.75, 3.05) is 6.54 Å². The molecule has 1 aliphatic heterocycles. The van der Waals surface area contributed by atoms with E-state index >= 15 is 0 Å². The van der Waals surface area contributed by atoms with E-state index < -0.39 is 40.5 Å². The Bertz CT molecular complexity index is 953. The number of aliphatic carboxylic acids is 1. The highest BCUT2D eigenvalue weighted by atomic mass is 79.9. The minimum Gasteiger partial charge on any atom is -0.548 e. The van der Waals surface area contributed by atoms with E-state index in [1.807, 2.05) is 48.5 Å². The van der Waals surface area contributed by atoms with Crippen molar-refractivity contribution in [3.63, 3.8) is 0 Å². The Hall–Kier alpha value is -2.47. The molecule has 4 aliphatic rings. The van der Waals surface area contributed by atoms with Gasteiger partial charge in [0.1, 0.15) is 0 Å². The number of halogens is 1. The van der Waals surface area contributed by atoms with Gasteiger partial charge in [-0.05, 0) is 22.3 Å². The van der Waals surface area contributed by atoms with Crippen LogP contribution in [0.15, 0.2) is 48.5 Å². The molecule has 0 aromatic heterocycles. The molecule has 2 bridgehead atoms. The molecule has 3 aliphatic carbocycles. The molecule has 130 valence electrons. The van der Waals surface area contributed by atoms with E-state index in [1.165, 1.54) is 0 Å². The van der Waals surface area contributed by atoms with E-state index in [4.69, 9.17) is 0 Å². The predicted octanol–water partition coefficient (Wildman–Crippen LogP) is 1.14. The highest BCUT2D eigenvalue weighted by Gasteiger charge is 2.67. The lowest BCUT2D eigenvalue weighted by molar-refractivity contribution is -0.305. The van der Waals surface area contributed by atoms with Crippen molar-refractivity contribution in [3.05, 3.63) is 70.8 Å². The van der Waals surface area contributed by atoms with Crippen molar-refractivity contribution >= 4 is 33.7 Å². The van der Waals surface area contributed by atoms with Crippen LogP contribution in [0.4, 0.5) is 0 Å². The number of carbonyl (C=O) groups excluding carboxylic acids is 3. The van der Waals surface area contributed by atoms with Crippen LogP contribution in [0.2, 0.25) is 0 Å². The molecule has 2 amide bonds. The summed E-state index contributed by atoms with van der Waals surface area (Å²) < 4.78 is -0.840. The second kappa shape index (κ2) is 5.04.